The number of ether oxygens (including phenoxy) is 2. The van der Waals surface area contributed by atoms with Crippen molar-refractivity contribution in [3.05, 3.63) is 100 Å². The van der Waals surface area contributed by atoms with E-state index in [0.717, 1.165) is 22.2 Å². The fourth-order valence-corrected chi connectivity index (χ4v) is 4.89. The number of Topliss-reactive ketones (excluding diaryl/α,β-unsaturated/α-hetero) is 1. The van der Waals surface area contributed by atoms with E-state index in [-0.39, 0.29) is 17.9 Å². The molecule has 0 bridgehead atoms. The number of aromatic amines is 1. The summed E-state index contributed by atoms with van der Waals surface area (Å²) in [7, 11) is 3.13. The number of rotatable bonds is 7. The van der Waals surface area contributed by atoms with E-state index < -0.39 is 17.7 Å². The smallest absolute Gasteiger partial charge is 0.295 e. The number of aromatic nitrogens is 1. The zero-order valence-electron chi connectivity index (χ0n) is 20.3. The Labute approximate surface area is 218 Å². The van der Waals surface area contributed by atoms with Gasteiger partial charge < -0.3 is 24.5 Å². The number of fused-ring (bicyclic) bond motifs is 1. The molecule has 5 rings (SSSR count). The normalized spacial score (nSPS) is 16.9. The first kappa shape index (κ1) is 24.5. The Morgan fingerprint density at radius 1 is 1.00 bits per heavy atom. The van der Waals surface area contributed by atoms with E-state index >= 15 is 0 Å². The van der Waals surface area contributed by atoms with Gasteiger partial charge in [0.1, 0.15) is 17.3 Å². The van der Waals surface area contributed by atoms with Gasteiger partial charge >= 0.3 is 0 Å². The van der Waals surface area contributed by atoms with Crippen LogP contribution >= 0.6 is 11.6 Å². The van der Waals surface area contributed by atoms with Gasteiger partial charge in [0.25, 0.3) is 11.7 Å². The van der Waals surface area contributed by atoms with Crippen LogP contribution in [0, 0.1) is 0 Å². The summed E-state index contributed by atoms with van der Waals surface area (Å²) in [4.78, 5) is 31.4. The van der Waals surface area contributed by atoms with Gasteiger partial charge in [-0.15, -0.1) is 0 Å². The second-order valence-electron chi connectivity index (χ2n) is 8.75. The number of carbonyl (C=O) groups is 2. The van der Waals surface area contributed by atoms with Crippen LogP contribution in [0.25, 0.3) is 16.7 Å². The summed E-state index contributed by atoms with van der Waals surface area (Å²) in [6.45, 7) is 0.261. The molecule has 2 N–H and O–H groups in total. The van der Waals surface area contributed by atoms with Crippen molar-refractivity contribution in [1.82, 2.24) is 9.88 Å². The van der Waals surface area contributed by atoms with Crippen molar-refractivity contribution < 1.29 is 24.2 Å². The Morgan fingerprint density at radius 3 is 2.46 bits per heavy atom. The molecule has 7 nitrogen and oxygen atoms in total. The summed E-state index contributed by atoms with van der Waals surface area (Å²) >= 11 is 6.11. The largest absolute Gasteiger partial charge is 0.507 e. The van der Waals surface area contributed by atoms with E-state index in [9.17, 15) is 14.7 Å². The summed E-state index contributed by atoms with van der Waals surface area (Å²) in [5.41, 5.74) is 3.03. The van der Waals surface area contributed by atoms with Crippen molar-refractivity contribution in [3.63, 3.8) is 0 Å². The lowest BCUT2D eigenvalue weighted by atomic mass is 9.95. The molecule has 3 aromatic carbocycles. The van der Waals surface area contributed by atoms with Crippen LogP contribution < -0.4 is 9.47 Å². The number of hydrogen-bond acceptors (Lipinski definition) is 5. The first-order valence-electron chi connectivity index (χ1n) is 11.7. The fraction of sp³-hybridized carbons (Fsp3) is 0.172. The minimum atomic E-state index is -0.775. The number of amides is 1. The van der Waals surface area contributed by atoms with E-state index in [1.165, 1.54) is 12.0 Å². The van der Waals surface area contributed by atoms with Gasteiger partial charge in [0.2, 0.25) is 0 Å². The summed E-state index contributed by atoms with van der Waals surface area (Å²) < 4.78 is 10.6. The number of H-pyrrole nitrogens is 1. The maximum atomic E-state index is 13.3. The van der Waals surface area contributed by atoms with Crippen molar-refractivity contribution in [2.75, 3.05) is 20.8 Å². The highest BCUT2D eigenvalue weighted by atomic mass is 35.5. The number of halogens is 1. The highest BCUT2D eigenvalue weighted by molar-refractivity contribution is 6.46. The van der Waals surface area contributed by atoms with Gasteiger partial charge in [-0.3, -0.25) is 9.59 Å². The molecular weight excluding hydrogens is 492 g/mol. The number of hydrogen-bond donors (Lipinski definition) is 2. The molecule has 2 heterocycles. The number of nitrogens with zero attached hydrogens (tertiary/aromatic N) is 1. The fourth-order valence-electron chi connectivity index (χ4n) is 4.76. The molecule has 1 aliphatic heterocycles. The Hall–Kier alpha value is -4.23. The number of nitrogens with one attached hydrogen (secondary N) is 1. The molecule has 0 radical (unpaired) electrons. The van der Waals surface area contributed by atoms with Gasteiger partial charge in [-0.25, -0.2) is 0 Å². The molecule has 37 heavy (non-hydrogen) atoms. The number of benzene rings is 3. The third kappa shape index (κ3) is 4.54. The van der Waals surface area contributed by atoms with Crippen molar-refractivity contribution >= 4 is 40.0 Å². The van der Waals surface area contributed by atoms with Crippen molar-refractivity contribution in [1.29, 1.82) is 0 Å². The zero-order valence-corrected chi connectivity index (χ0v) is 21.1. The quantitative estimate of drug-likeness (QED) is 0.192. The molecule has 0 spiro atoms. The second kappa shape index (κ2) is 10.0. The van der Waals surface area contributed by atoms with Gasteiger partial charge in [-0.2, -0.15) is 0 Å². The van der Waals surface area contributed by atoms with Crippen molar-refractivity contribution in [2.24, 2.45) is 0 Å². The molecule has 1 aromatic heterocycles. The van der Waals surface area contributed by atoms with Gasteiger partial charge in [0.15, 0.2) is 0 Å². The van der Waals surface area contributed by atoms with Crippen LogP contribution in [0.15, 0.2) is 78.5 Å². The molecule has 188 valence electrons. The number of carbonyl (C=O) groups excluding carboxylic acids is 2. The third-order valence-electron chi connectivity index (χ3n) is 6.67. The second-order valence-corrected chi connectivity index (χ2v) is 9.19. The average molecular weight is 517 g/mol. The van der Waals surface area contributed by atoms with Gasteiger partial charge in [0, 0.05) is 34.2 Å². The van der Waals surface area contributed by atoms with E-state index in [4.69, 9.17) is 21.1 Å². The predicted molar refractivity (Wildman–Crippen MR) is 142 cm³/mol. The first-order chi connectivity index (χ1) is 17.9. The van der Waals surface area contributed by atoms with Gasteiger partial charge in [0.05, 0.1) is 25.8 Å². The molecule has 1 saturated heterocycles. The van der Waals surface area contributed by atoms with Crippen molar-refractivity contribution in [2.45, 2.75) is 12.5 Å². The van der Waals surface area contributed by atoms with Gasteiger partial charge in [-0.1, -0.05) is 35.9 Å². The first-order valence-corrected chi connectivity index (χ1v) is 12.1. The predicted octanol–water partition coefficient (Wildman–Crippen LogP) is 5.50. The van der Waals surface area contributed by atoms with Crippen molar-refractivity contribution in [3.8, 4) is 11.5 Å². The molecule has 4 aromatic rings. The number of aliphatic hydroxyl groups excluding tert-OH is 1. The highest BCUT2D eigenvalue weighted by Crippen LogP contribution is 2.40. The van der Waals surface area contributed by atoms with Crippen LogP contribution in [-0.2, 0) is 16.0 Å². The Balaban J connectivity index is 1.56. The lowest BCUT2D eigenvalue weighted by molar-refractivity contribution is -0.139. The highest BCUT2D eigenvalue weighted by Gasteiger charge is 2.45. The minimum Gasteiger partial charge on any atom is -0.507 e. The molecule has 1 amide bonds. The maximum Gasteiger partial charge on any atom is 0.295 e. The Kier molecular flexibility index (Phi) is 6.63. The molecule has 0 unspecified atom stereocenters. The molecule has 1 atom stereocenters. The Morgan fingerprint density at radius 2 is 1.73 bits per heavy atom. The van der Waals surface area contributed by atoms with Crippen LogP contribution in [0.5, 0.6) is 11.5 Å². The average Bonchev–Trinajstić information content (AvgIpc) is 3.44. The molecule has 8 heteroatoms. The van der Waals surface area contributed by atoms with E-state index in [2.05, 4.69) is 4.98 Å². The molecule has 0 saturated carbocycles. The number of ketones is 1. The van der Waals surface area contributed by atoms with Crippen LogP contribution in [0.1, 0.15) is 22.7 Å². The lowest BCUT2D eigenvalue weighted by Crippen LogP contribution is -2.31. The van der Waals surface area contributed by atoms with E-state index in [1.54, 1.807) is 55.6 Å². The molecule has 0 aliphatic carbocycles. The SMILES string of the molecule is COc1cccc(C(O)=C2C(=O)C(=O)N(CCc3c[nH]c4ccc(OC)cc34)[C@H]2c2ccc(Cl)cc2)c1. The summed E-state index contributed by atoms with van der Waals surface area (Å²) in [5.74, 6) is -0.399. The van der Waals surface area contributed by atoms with Crippen LogP contribution in [-0.4, -0.2) is 47.4 Å². The standard InChI is InChI=1S/C29H25ClN2O5/c1-36-21-5-3-4-18(14-21)27(33)25-26(17-6-8-20(30)9-7-17)32(29(35)28(25)34)13-12-19-16-31-24-11-10-22(37-2)15-23(19)24/h3-11,14-16,26,31,33H,12-13H2,1-2H3/t26-/m0/s1. The van der Waals surface area contributed by atoms with Gasteiger partial charge in [-0.05, 0) is 60.0 Å². The number of aliphatic hydroxyl groups is 1. The monoisotopic (exact) mass is 516 g/mol. The van der Waals surface area contributed by atoms with Crippen LogP contribution in [0.2, 0.25) is 5.02 Å². The maximum absolute atomic E-state index is 13.3. The number of likely N-dealkylation sites (tertiary alicyclic amines) is 1. The topological polar surface area (TPSA) is 91.9 Å². The third-order valence-corrected chi connectivity index (χ3v) is 6.92. The van der Waals surface area contributed by atoms with Crippen LogP contribution in [0.4, 0.5) is 0 Å². The minimum absolute atomic E-state index is 0.0289. The number of methoxy groups -OCH3 is 2. The molecule has 1 aliphatic rings. The van der Waals surface area contributed by atoms with E-state index in [0.29, 0.717) is 28.3 Å². The molecule has 1 fully saturated rings. The summed E-state index contributed by atoms with van der Waals surface area (Å²) in [6, 6.07) is 18.7. The Bertz CT molecular complexity index is 1520. The van der Waals surface area contributed by atoms with Crippen LogP contribution in [0.3, 0.4) is 0 Å². The van der Waals surface area contributed by atoms with E-state index in [1.807, 2.05) is 24.4 Å². The molecular formula is C29H25ClN2O5. The summed E-state index contributed by atoms with van der Waals surface area (Å²) in [6.07, 6.45) is 2.39. The zero-order chi connectivity index (χ0) is 26.1. The lowest BCUT2D eigenvalue weighted by Gasteiger charge is -2.25. The summed E-state index contributed by atoms with van der Waals surface area (Å²) in [5, 5.41) is 12.8.